The highest BCUT2D eigenvalue weighted by molar-refractivity contribution is 5.94. The molecular weight excluding hydrogens is 242 g/mol. The van der Waals surface area contributed by atoms with Gasteiger partial charge in [-0.1, -0.05) is 6.07 Å². The summed E-state index contributed by atoms with van der Waals surface area (Å²) in [4.78, 5) is 16.3. The maximum atomic E-state index is 12.2. The molecule has 5 nitrogen and oxygen atoms in total. The lowest BCUT2D eigenvalue weighted by Gasteiger charge is -2.52. The fourth-order valence-electron chi connectivity index (χ4n) is 3.07. The zero-order valence-corrected chi connectivity index (χ0v) is 11.0. The van der Waals surface area contributed by atoms with Gasteiger partial charge in [0.15, 0.2) is 0 Å². The highest BCUT2D eigenvalue weighted by Gasteiger charge is 2.51. The van der Waals surface area contributed by atoms with Crippen LogP contribution in [0.15, 0.2) is 18.3 Å². The van der Waals surface area contributed by atoms with E-state index in [9.17, 15) is 4.79 Å². The molecule has 1 aliphatic heterocycles. The minimum absolute atomic E-state index is 0.00160. The molecule has 5 heteroatoms. The number of hydrogen-bond donors (Lipinski definition) is 2. The van der Waals surface area contributed by atoms with Gasteiger partial charge in [-0.15, -0.1) is 0 Å². The summed E-state index contributed by atoms with van der Waals surface area (Å²) in [6, 6.07) is 3.61. The molecule has 4 unspecified atom stereocenters. The molecule has 0 radical (unpaired) electrons. The zero-order chi connectivity index (χ0) is 13.4. The minimum atomic E-state index is -0.161. The van der Waals surface area contributed by atoms with Crippen LogP contribution in [0.4, 0.5) is 0 Å². The number of nitrogens with two attached hydrogens (primary N) is 1. The van der Waals surface area contributed by atoms with Crippen LogP contribution in [0.25, 0.3) is 0 Å². The van der Waals surface area contributed by atoms with Crippen LogP contribution in [0.5, 0.6) is 0 Å². The van der Waals surface area contributed by atoms with E-state index in [0.29, 0.717) is 11.6 Å². The molecule has 4 atom stereocenters. The predicted octanol–water partition coefficient (Wildman–Crippen LogP) is 0.625. The van der Waals surface area contributed by atoms with Crippen molar-refractivity contribution in [2.45, 2.75) is 38.0 Å². The number of nitrogens with one attached hydrogen (secondary N) is 1. The van der Waals surface area contributed by atoms with Crippen molar-refractivity contribution in [1.29, 1.82) is 0 Å². The van der Waals surface area contributed by atoms with Crippen LogP contribution < -0.4 is 11.1 Å². The van der Waals surface area contributed by atoms with Gasteiger partial charge in [0.1, 0.15) is 5.69 Å². The van der Waals surface area contributed by atoms with Gasteiger partial charge in [0.05, 0.1) is 12.1 Å². The first-order valence-electron chi connectivity index (χ1n) is 6.78. The molecule has 0 aromatic carbocycles. The number of carbonyl (C=O) groups excluding carboxylic acids is 1. The molecule has 2 aliphatic rings. The monoisotopic (exact) mass is 261 g/mol. The van der Waals surface area contributed by atoms with Crippen molar-refractivity contribution in [2.75, 3.05) is 6.61 Å². The average Bonchev–Trinajstić information content (AvgIpc) is 2.44. The smallest absolute Gasteiger partial charge is 0.270 e. The maximum absolute atomic E-state index is 12.2. The highest BCUT2D eigenvalue weighted by Crippen LogP contribution is 2.37. The lowest BCUT2D eigenvalue weighted by Crippen LogP contribution is -2.72. The van der Waals surface area contributed by atoms with Crippen molar-refractivity contribution in [3.63, 3.8) is 0 Å². The first-order chi connectivity index (χ1) is 9.18. The van der Waals surface area contributed by atoms with Crippen molar-refractivity contribution in [3.8, 4) is 0 Å². The average molecular weight is 261 g/mol. The second kappa shape index (κ2) is 4.90. The molecule has 1 amide bonds. The zero-order valence-electron chi connectivity index (χ0n) is 11.0. The Morgan fingerprint density at radius 3 is 3.21 bits per heavy atom. The van der Waals surface area contributed by atoms with E-state index in [-0.39, 0.29) is 24.1 Å². The molecule has 3 rings (SSSR count). The number of nitrogens with zero attached hydrogens (tertiary/aromatic N) is 1. The van der Waals surface area contributed by atoms with Gasteiger partial charge < -0.3 is 15.8 Å². The Labute approximate surface area is 112 Å². The van der Waals surface area contributed by atoms with Crippen molar-refractivity contribution in [3.05, 3.63) is 29.6 Å². The quantitative estimate of drug-likeness (QED) is 0.818. The Hall–Kier alpha value is -1.46. The standard InChI is InChI=1S/C14H19N3O2/c1-8-4-2-6-16-11(8)14(18)17-12-10(15)9-5-3-7-19-13(9)12/h2,4,6,9-10,12-13H,3,5,7,15H2,1H3,(H,17,18). The molecule has 102 valence electrons. The van der Waals surface area contributed by atoms with Crippen molar-refractivity contribution in [2.24, 2.45) is 11.7 Å². The number of amides is 1. The van der Waals surface area contributed by atoms with E-state index >= 15 is 0 Å². The van der Waals surface area contributed by atoms with Crippen LogP contribution in [0.3, 0.4) is 0 Å². The molecule has 2 fully saturated rings. The highest BCUT2D eigenvalue weighted by atomic mass is 16.5. The van der Waals surface area contributed by atoms with Gasteiger partial charge in [0.2, 0.25) is 0 Å². The molecule has 1 aromatic rings. The number of aryl methyl sites for hydroxylation is 1. The van der Waals surface area contributed by atoms with E-state index in [4.69, 9.17) is 10.5 Å². The van der Waals surface area contributed by atoms with Gasteiger partial charge in [0, 0.05) is 24.8 Å². The van der Waals surface area contributed by atoms with Gasteiger partial charge >= 0.3 is 0 Å². The molecule has 1 aromatic heterocycles. The van der Waals surface area contributed by atoms with Gasteiger partial charge in [-0.05, 0) is 31.4 Å². The van der Waals surface area contributed by atoms with Crippen molar-refractivity contribution >= 4 is 5.91 Å². The second-order valence-corrected chi connectivity index (χ2v) is 5.39. The summed E-state index contributed by atoms with van der Waals surface area (Å²) in [5.41, 5.74) is 7.46. The van der Waals surface area contributed by atoms with Gasteiger partial charge in [0.25, 0.3) is 5.91 Å². The normalized spacial score (nSPS) is 33.2. The molecule has 0 bridgehead atoms. The summed E-state index contributed by atoms with van der Waals surface area (Å²) in [5, 5.41) is 2.97. The number of hydrogen-bond acceptors (Lipinski definition) is 4. The Morgan fingerprint density at radius 1 is 1.58 bits per heavy atom. The molecule has 1 saturated heterocycles. The van der Waals surface area contributed by atoms with E-state index in [1.54, 1.807) is 6.20 Å². The Bertz CT molecular complexity index is 491. The Balaban J connectivity index is 1.69. The molecule has 1 aliphatic carbocycles. The number of aromatic nitrogens is 1. The van der Waals surface area contributed by atoms with Gasteiger partial charge in [-0.2, -0.15) is 0 Å². The van der Waals surface area contributed by atoms with E-state index < -0.39 is 0 Å². The van der Waals surface area contributed by atoms with E-state index in [0.717, 1.165) is 25.0 Å². The molecule has 0 spiro atoms. The molecule has 19 heavy (non-hydrogen) atoms. The third-order valence-electron chi connectivity index (χ3n) is 4.20. The summed E-state index contributed by atoms with van der Waals surface area (Å²) in [6.45, 7) is 2.64. The number of rotatable bonds is 2. The molecule has 1 saturated carbocycles. The number of pyridine rings is 1. The first kappa shape index (κ1) is 12.6. The van der Waals surface area contributed by atoms with Crippen LogP contribution in [0, 0.1) is 12.8 Å². The predicted molar refractivity (Wildman–Crippen MR) is 70.7 cm³/mol. The van der Waals surface area contributed by atoms with Crippen LogP contribution >= 0.6 is 0 Å². The van der Waals surface area contributed by atoms with Gasteiger partial charge in [-0.3, -0.25) is 9.78 Å². The van der Waals surface area contributed by atoms with Crippen molar-refractivity contribution in [1.82, 2.24) is 10.3 Å². The van der Waals surface area contributed by atoms with E-state index in [2.05, 4.69) is 10.3 Å². The molecule has 3 N–H and O–H groups in total. The Morgan fingerprint density at radius 2 is 2.42 bits per heavy atom. The number of ether oxygens (including phenoxy) is 1. The topological polar surface area (TPSA) is 77.2 Å². The fraction of sp³-hybridized carbons (Fsp3) is 0.571. The summed E-state index contributed by atoms with van der Waals surface area (Å²) in [7, 11) is 0. The minimum Gasteiger partial charge on any atom is -0.376 e. The number of carbonyl (C=O) groups is 1. The summed E-state index contributed by atoms with van der Waals surface area (Å²) >= 11 is 0. The third kappa shape index (κ3) is 2.13. The van der Waals surface area contributed by atoms with Crippen LogP contribution in [0.1, 0.15) is 28.9 Å². The SMILES string of the molecule is Cc1cccnc1C(=O)NC1C(N)C2CCCOC21. The van der Waals surface area contributed by atoms with Crippen LogP contribution in [0.2, 0.25) is 0 Å². The third-order valence-corrected chi connectivity index (χ3v) is 4.20. The summed E-state index contributed by atoms with van der Waals surface area (Å²) in [5.74, 6) is 0.232. The number of fused-ring (bicyclic) bond motifs is 1. The lowest BCUT2D eigenvalue weighted by molar-refractivity contribution is -0.117. The fourth-order valence-corrected chi connectivity index (χ4v) is 3.07. The lowest BCUT2D eigenvalue weighted by atomic mass is 9.68. The molecule has 2 heterocycles. The summed E-state index contributed by atoms with van der Waals surface area (Å²) < 4.78 is 5.71. The van der Waals surface area contributed by atoms with Crippen LogP contribution in [-0.4, -0.2) is 35.7 Å². The second-order valence-electron chi connectivity index (χ2n) is 5.39. The van der Waals surface area contributed by atoms with Gasteiger partial charge in [-0.25, -0.2) is 0 Å². The largest absolute Gasteiger partial charge is 0.376 e. The molecular formula is C14H19N3O2. The first-order valence-corrected chi connectivity index (χ1v) is 6.78. The van der Waals surface area contributed by atoms with Crippen molar-refractivity contribution < 1.29 is 9.53 Å². The van der Waals surface area contributed by atoms with E-state index in [1.807, 2.05) is 19.1 Å². The Kier molecular flexibility index (Phi) is 3.24. The maximum Gasteiger partial charge on any atom is 0.270 e. The van der Waals surface area contributed by atoms with Crippen LogP contribution in [-0.2, 0) is 4.74 Å². The van der Waals surface area contributed by atoms with E-state index in [1.165, 1.54) is 0 Å². The summed E-state index contributed by atoms with van der Waals surface area (Å²) in [6.07, 6.45) is 3.87.